The van der Waals surface area contributed by atoms with E-state index >= 15 is 0 Å². The maximum absolute atomic E-state index is 5.75. The zero-order valence-electron chi connectivity index (χ0n) is 9.80. The van der Waals surface area contributed by atoms with Crippen LogP contribution >= 0.6 is 0 Å². The van der Waals surface area contributed by atoms with Crippen molar-refractivity contribution in [2.75, 3.05) is 26.2 Å². The minimum Gasteiger partial charge on any atom is -0.374 e. The Morgan fingerprint density at radius 1 is 1.62 bits per heavy atom. The summed E-state index contributed by atoms with van der Waals surface area (Å²) in [5.74, 6) is 0. The Morgan fingerprint density at radius 3 is 3.25 bits per heavy atom. The number of nitrogens with zero attached hydrogens (tertiary/aromatic N) is 3. The van der Waals surface area contributed by atoms with Crippen LogP contribution in [0.3, 0.4) is 0 Å². The van der Waals surface area contributed by atoms with Crippen molar-refractivity contribution in [3.63, 3.8) is 0 Å². The highest BCUT2D eigenvalue weighted by atomic mass is 16.5. The highest BCUT2D eigenvalue weighted by Crippen LogP contribution is 2.09. The van der Waals surface area contributed by atoms with Gasteiger partial charge < -0.3 is 15.0 Å². The molecule has 1 aromatic rings. The van der Waals surface area contributed by atoms with E-state index in [2.05, 4.69) is 21.4 Å². The number of ether oxygens (including phenoxy) is 1. The first-order valence-corrected chi connectivity index (χ1v) is 5.86. The van der Waals surface area contributed by atoms with Crippen LogP contribution in [-0.2, 0) is 17.8 Å². The predicted molar refractivity (Wildman–Crippen MR) is 62.0 cm³/mol. The first-order valence-electron chi connectivity index (χ1n) is 5.86. The van der Waals surface area contributed by atoms with Crippen LogP contribution in [0, 0.1) is 0 Å². The summed E-state index contributed by atoms with van der Waals surface area (Å²) >= 11 is 0. The van der Waals surface area contributed by atoms with Crippen LogP contribution in [-0.4, -0.2) is 46.8 Å². The lowest BCUT2D eigenvalue weighted by molar-refractivity contribution is -0.0345. The first-order chi connectivity index (χ1) is 7.83. The van der Waals surface area contributed by atoms with E-state index in [9.17, 15) is 0 Å². The SMILES string of the molecule is CCN1CCOC(Cn2cncc2CN)C1. The Labute approximate surface area is 96.2 Å². The van der Waals surface area contributed by atoms with Gasteiger partial charge in [0.2, 0.25) is 0 Å². The molecule has 1 saturated heterocycles. The van der Waals surface area contributed by atoms with Gasteiger partial charge in [-0.25, -0.2) is 4.98 Å². The van der Waals surface area contributed by atoms with E-state index in [1.54, 1.807) is 0 Å². The van der Waals surface area contributed by atoms with Crippen LogP contribution in [0.5, 0.6) is 0 Å². The zero-order chi connectivity index (χ0) is 11.4. The van der Waals surface area contributed by atoms with Gasteiger partial charge in [0.25, 0.3) is 0 Å². The monoisotopic (exact) mass is 224 g/mol. The maximum Gasteiger partial charge on any atom is 0.0949 e. The highest BCUT2D eigenvalue weighted by Gasteiger charge is 2.20. The van der Waals surface area contributed by atoms with Crippen LogP contribution < -0.4 is 5.73 Å². The molecule has 0 aliphatic carbocycles. The number of aromatic nitrogens is 2. The van der Waals surface area contributed by atoms with Crippen LogP contribution in [0.2, 0.25) is 0 Å². The summed E-state index contributed by atoms with van der Waals surface area (Å²) in [6.45, 7) is 7.52. The average molecular weight is 224 g/mol. The molecule has 0 spiro atoms. The highest BCUT2D eigenvalue weighted by molar-refractivity contribution is 4.97. The second kappa shape index (κ2) is 5.43. The lowest BCUT2D eigenvalue weighted by atomic mass is 10.2. The Morgan fingerprint density at radius 2 is 2.50 bits per heavy atom. The minimum absolute atomic E-state index is 0.258. The summed E-state index contributed by atoms with van der Waals surface area (Å²) in [5, 5.41) is 0. The Balaban J connectivity index is 1.93. The molecule has 16 heavy (non-hydrogen) atoms. The molecule has 2 rings (SSSR count). The fourth-order valence-corrected chi connectivity index (χ4v) is 2.08. The number of imidazole rings is 1. The van der Waals surface area contributed by atoms with Gasteiger partial charge in [-0.3, -0.25) is 4.90 Å². The molecule has 1 fully saturated rings. The van der Waals surface area contributed by atoms with Crippen molar-refractivity contribution in [3.05, 3.63) is 18.2 Å². The third-order valence-electron chi connectivity index (χ3n) is 3.08. The molecule has 1 aliphatic heterocycles. The molecule has 0 bridgehead atoms. The number of rotatable bonds is 4. The molecule has 0 amide bonds. The van der Waals surface area contributed by atoms with Gasteiger partial charge in [-0.05, 0) is 6.54 Å². The smallest absolute Gasteiger partial charge is 0.0949 e. The van der Waals surface area contributed by atoms with Gasteiger partial charge in [-0.2, -0.15) is 0 Å². The number of hydrogen-bond donors (Lipinski definition) is 1. The van der Waals surface area contributed by atoms with E-state index in [0.29, 0.717) is 6.54 Å². The van der Waals surface area contributed by atoms with Crippen molar-refractivity contribution >= 4 is 0 Å². The molecule has 2 N–H and O–H groups in total. The van der Waals surface area contributed by atoms with Gasteiger partial charge in [0.15, 0.2) is 0 Å². The number of nitrogens with two attached hydrogens (primary N) is 1. The van der Waals surface area contributed by atoms with Crippen LogP contribution in [0.1, 0.15) is 12.6 Å². The van der Waals surface area contributed by atoms with Crippen LogP contribution in [0.25, 0.3) is 0 Å². The van der Waals surface area contributed by atoms with Gasteiger partial charge in [0, 0.05) is 25.8 Å². The molecule has 0 aromatic carbocycles. The summed E-state index contributed by atoms with van der Waals surface area (Å²) in [6, 6.07) is 0. The van der Waals surface area contributed by atoms with Gasteiger partial charge in [-0.15, -0.1) is 0 Å². The van der Waals surface area contributed by atoms with Crippen molar-refractivity contribution in [1.29, 1.82) is 0 Å². The third kappa shape index (κ3) is 2.61. The summed E-state index contributed by atoms with van der Waals surface area (Å²) in [6.07, 6.45) is 3.91. The fraction of sp³-hybridized carbons (Fsp3) is 0.727. The van der Waals surface area contributed by atoms with Crippen LogP contribution in [0.15, 0.2) is 12.5 Å². The molecule has 1 unspecified atom stereocenters. The molecule has 90 valence electrons. The Kier molecular flexibility index (Phi) is 3.93. The molecule has 1 aromatic heterocycles. The molecule has 1 aliphatic rings. The quantitative estimate of drug-likeness (QED) is 0.786. The number of morpholine rings is 1. The van der Waals surface area contributed by atoms with Crippen molar-refractivity contribution in [2.24, 2.45) is 5.73 Å². The van der Waals surface area contributed by atoms with Crippen molar-refractivity contribution < 1.29 is 4.74 Å². The van der Waals surface area contributed by atoms with E-state index in [1.807, 2.05) is 12.5 Å². The lowest BCUT2D eigenvalue weighted by Crippen LogP contribution is -2.44. The molecule has 5 nitrogen and oxygen atoms in total. The normalized spacial score (nSPS) is 22.5. The van der Waals surface area contributed by atoms with E-state index < -0.39 is 0 Å². The topological polar surface area (TPSA) is 56.3 Å². The van der Waals surface area contributed by atoms with E-state index in [-0.39, 0.29) is 6.10 Å². The van der Waals surface area contributed by atoms with Crippen molar-refractivity contribution in [3.8, 4) is 0 Å². The molecular weight excluding hydrogens is 204 g/mol. The fourth-order valence-electron chi connectivity index (χ4n) is 2.08. The lowest BCUT2D eigenvalue weighted by Gasteiger charge is -2.32. The molecule has 0 saturated carbocycles. The van der Waals surface area contributed by atoms with Gasteiger partial charge >= 0.3 is 0 Å². The second-order valence-corrected chi connectivity index (χ2v) is 4.13. The minimum atomic E-state index is 0.258. The predicted octanol–water partition coefficient (Wildman–Crippen LogP) is 0.0625. The third-order valence-corrected chi connectivity index (χ3v) is 3.08. The number of likely N-dealkylation sites (N-methyl/N-ethyl adjacent to an activating group) is 1. The van der Waals surface area contributed by atoms with E-state index in [1.165, 1.54) is 0 Å². The van der Waals surface area contributed by atoms with Crippen molar-refractivity contribution in [2.45, 2.75) is 26.1 Å². The molecular formula is C11H20N4O. The Bertz CT molecular complexity index is 326. The van der Waals surface area contributed by atoms with E-state index in [0.717, 1.165) is 38.5 Å². The molecule has 0 radical (unpaired) electrons. The van der Waals surface area contributed by atoms with Crippen molar-refractivity contribution in [1.82, 2.24) is 14.5 Å². The van der Waals surface area contributed by atoms with Gasteiger partial charge in [-0.1, -0.05) is 6.92 Å². The molecule has 5 heteroatoms. The van der Waals surface area contributed by atoms with Crippen LogP contribution in [0.4, 0.5) is 0 Å². The van der Waals surface area contributed by atoms with E-state index in [4.69, 9.17) is 10.5 Å². The van der Waals surface area contributed by atoms with Gasteiger partial charge in [0.05, 0.1) is 31.3 Å². The summed E-state index contributed by atoms with van der Waals surface area (Å²) in [4.78, 5) is 6.52. The summed E-state index contributed by atoms with van der Waals surface area (Å²) < 4.78 is 7.84. The molecule has 2 heterocycles. The van der Waals surface area contributed by atoms with Gasteiger partial charge in [0.1, 0.15) is 0 Å². The molecule has 1 atom stereocenters. The first kappa shape index (κ1) is 11.6. The zero-order valence-corrected chi connectivity index (χ0v) is 9.80. The second-order valence-electron chi connectivity index (χ2n) is 4.13. The Hall–Kier alpha value is -0.910. The summed E-state index contributed by atoms with van der Waals surface area (Å²) in [5.41, 5.74) is 6.71. The summed E-state index contributed by atoms with van der Waals surface area (Å²) in [7, 11) is 0. The maximum atomic E-state index is 5.75. The number of hydrogen-bond acceptors (Lipinski definition) is 4. The largest absolute Gasteiger partial charge is 0.374 e. The average Bonchev–Trinajstić information content (AvgIpc) is 2.76. The standard InChI is InChI=1S/C11H20N4O/c1-2-14-3-4-16-11(7-14)8-15-9-13-6-10(15)5-12/h6,9,11H,2-5,7-8,12H2,1H3.